The zero-order valence-electron chi connectivity index (χ0n) is 14.3. The number of nitrogens with zero attached hydrogens (tertiary/aromatic N) is 2. The topological polar surface area (TPSA) is 32.8 Å². The highest BCUT2D eigenvalue weighted by atomic mass is 19.1. The molecule has 0 spiro atoms. The third kappa shape index (κ3) is 5.29. The van der Waals surface area contributed by atoms with Crippen molar-refractivity contribution in [3.8, 4) is 0 Å². The predicted octanol–water partition coefficient (Wildman–Crippen LogP) is 2.53. The lowest BCUT2D eigenvalue weighted by Crippen LogP contribution is -2.48. The number of carbonyl (C=O) groups excluding carboxylic acids is 1. The number of carbonyl (C=O) groups is 1. The summed E-state index contributed by atoms with van der Waals surface area (Å²) in [4.78, 5) is 16.1. The van der Waals surface area contributed by atoms with E-state index >= 15 is 0 Å². The van der Waals surface area contributed by atoms with Gasteiger partial charge in [0.1, 0.15) is 5.82 Å². The van der Waals surface area contributed by atoms with Crippen LogP contribution in [0.4, 0.5) is 4.39 Å². The first-order chi connectivity index (χ1) is 11.0. The number of rotatable bonds is 6. The van der Waals surface area contributed by atoms with Crippen LogP contribution in [0, 0.1) is 11.7 Å². The number of hydrogen-bond donors (Lipinski definition) is 0. The Kier molecular flexibility index (Phi) is 6.54. The van der Waals surface area contributed by atoms with Crippen LogP contribution in [0.3, 0.4) is 0 Å². The second kappa shape index (κ2) is 8.41. The van der Waals surface area contributed by atoms with Crippen molar-refractivity contribution in [3.63, 3.8) is 0 Å². The molecule has 1 aliphatic rings. The first kappa shape index (κ1) is 17.9. The highest BCUT2D eigenvalue weighted by Crippen LogP contribution is 2.26. The molecule has 1 fully saturated rings. The van der Waals surface area contributed by atoms with Crippen molar-refractivity contribution >= 4 is 5.97 Å². The van der Waals surface area contributed by atoms with E-state index in [1.165, 1.54) is 19.2 Å². The summed E-state index contributed by atoms with van der Waals surface area (Å²) in [6.07, 6.45) is 2.39. The molecule has 23 heavy (non-hydrogen) atoms. The molecule has 2 rings (SSSR count). The van der Waals surface area contributed by atoms with E-state index in [4.69, 9.17) is 4.74 Å². The van der Waals surface area contributed by atoms with Gasteiger partial charge in [-0.2, -0.15) is 0 Å². The third-order valence-electron chi connectivity index (χ3n) is 4.71. The smallest absolute Gasteiger partial charge is 0.305 e. The fourth-order valence-electron chi connectivity index (χ4n) is 3.46. The molecule has 0 N–H and O–H groups in total. The Morgan fingerprint density at radius 2 is 2.04 bits per heavy atom. The number of methoxy groups -OCH3 is 1. The Labute approximate surface area is 138 Å². The SMILES string of the molecule is COC(=O)CC[C@H]1CN(Cc2ccc(F)cc2)CC[C@H]1N(C)C. The Bertz CT molecular complexity index is 504. The molecule has 128 valence electrons. The second-order valence-corrected chi connectivity index (χ2v) is 6.56. The molecule has 0 amide bonds. The van der Waals surface area contributed by atoms with Gasteiger partial charge in [-0.1, -0.05) is 12.1 Å². The molecule has 4 nitrogen and oxygen atoms in total. The molecule has 1 aromatic rings. The summed E-state index contributed by atoms with van der Waals surface area (Å²) in [5, 5.41) is 0. The number of ether oxygens (including phenoxy) is 1. The van der Waals surface area contributed by atoms with Crippen molar-refractivity contribution in [2.45, 2.75) is 31.8 Å². The van der Waals surface area contributed by atoms with Crippen molar-refractivity contribution in [2.24, 2.45) is 5.92 Å². The summed E-state index contributed by atoms with van der Waals surface area (Å²) < 4.78 is 17.8. The maximum Gasteiger partial charge on any atom is 0.305 e. The Morgan fingerprint density at radius 3 is 2.65 bits per heavy atom. The average Bonchev–Trinajstić information content (AvgIpc) is 2.54. The summed E-state index contributed by atoms with van der Waals surface area (Å²) in [6, 6.07) is 7.20. The monoisotopic (exact) mass is 322 g/mol. The lowest BCUT2D eigenvalue weighted by Gasteiger charge is -2.41. The number of esters is 1. The van der Waals surface area contributed by atoms with Gasteiger partial charge in [-0.25, -0.2) is 4.39 Å². The van der Waals surface area contributed by atoms with Gasteiger partial charge in [0.15, 0.2) is 0 Å². The van der Waals surface area contributed by atoms with Gasteiger partial charge in [-0.3, -0.25) is 9.69 Å². The number of hydrogen-bond acceptors (Lipinski definition) is 4. The minimum absolute atomic E-state index is 0.141. The quantitative estimate of drug-likeness (QED) is 0.754. The summed E-state index contributed by atoms with van der Waals surface area (Å²) in [5.41, 5.74) is 1.13. The van der Waals surface area contributed by atoms with Gasteiger partial charge in [-0.15, -0.1) is 0 Å². The molecule has 2 atom stereocenters. The summed E-state index contributed by atoms with van der Waals surface area (Å²) in [7, 11) is 5.64. The van der Waals surface area contributed by atoms with Crippen LogP contribution in [0.15, 0.2) is 24.3 Å². The third-order valence-corrected chi connectivity index (χ3v) is 4.71. The van der Waals surface area contributed by atoms with E-state index in [2.05, 4.69) is 23.9 Å². The van der Waals surface area contributed by atoms with Gasteiger partial charge in [0.05, 0.1) is 7.11 Å². The van der Waals surface area contributed by atoms with Crippen molar-refractivity contribution in [3.05, 3.63) is 35.6 Å². The van der Waals surface area contributed by atoms with Gasteiger partial charge in [-0.05, 0) is 57.1 Å². The summed E-state index contributed by atoms with van der Waals surface area (Å²) in [6.45, 7) is 2.81. The molecule has 0 radical (unpaired) electrons. The molecule has 1 heterocycles. The van der Waals surface area contributed by atoms with Crippen LogP contribution in [0.1, 0.15) is 24.8 Å². The van der Waals surface area contributed by atoms with E-state index in [1.807, 2.05) is 12.1 Å². The number of likely N-dealkylation sites (tertiary alicyclic amines) is 1. The predicted molar refractivity (Wildman–Crippen MR) is 88.5 cm³/mol. The fourth-order valence-corrected chi connectivity index (χ4v) is 3.46. The normalized spacial score (nSPS) is 22.3. The molecular weight excluding hydrogens is 295 g/mol. The lowest BCUT2D eigenvalue weighted by molar-refractivity contribution is -0.141. The molecule has 0 aliphatic carbocycles. The van der Waals surface area contributed by atoms with Crippen LogP contribution < -0.4 is 0 Å². The van der Waals surface area contributed by atoms with Crippen LogP contribution in [0.2, 0.25) is 0 Å². The zero-order valence-corrected chi connectivity index (χ0v) is 14.3. The summed E-state index contributed by atoms with van der Waals surface area (Å²) in [5.74, 6) is 0.104. The van der Waals surface area contributed by atoms with Crippen LogP contribution >= 0.6 is 0 Å². The first-order valence-corrected chi connectivity index (χ1v) is 8.19. The highest BCUT2D eigenvalue weighted by Gasteiger charge is 2.30. The average molecular weight is 322 g/mol. The van der Waals surface area contributed by atoms with E-state index in [0.29, 0.717) is 18.4 Å². The van der Waals surface area contributed by atoms with E-state index in [9.17, 15) is 9.18 Å². The highest BCUT2D eigenvalue weighted by molar-refractivity contribution is 5.69. The van der Waals surface area contributed by atoms with Crippen molar-refractivity contribution in [1.29, 1.82) is 0 Å². The molecule has 5 heteroatoms. The minimum Gasteiger partial charge on any atom is -0.469 e. The summed E-state index contributed by atoms with van der Waals surface area (Å²) >= 11 is 0. The first-order valence-electron chi connectivity index (χ1n) is 8.19. The standard InChI is InChI=1S/C18H27FN2O2/c1-20(2)17-10-11-21(12-14-4-7-16(19)8-5-14)13-15(17)6-9-18(22)23-3/h4-5,7-8,15,17H,6,9-13H2,1-3H3/t15-,17+/m0/s1. The maximum absolute atomic E-state index is 13.0. The molecule has 0 saturated carbocycles. The van der Waals surface area contributed by atoms with Crippen molar-refractivity contribution in [2.75, 3.05) is 34.3 Å². The van der Waals surface area contributed by atoms with Crippen LogP contribution in [-0.4, -0.2) is 56.1 Å². The minimum atomic E-state index is -0.198. The maximum atomic E-state index is 13.0. The van der Waals surface area contributed by atoms with Gasteiger partial charge < -0.3 is 9.64 Å². The molecule has 0 unspecified atom stereocenters. The van der Waals surface area contributed by atoms with E-state index in [0.717, 1.165) is 38.0 Å². The molecule has 0 bridgehead atoms. The molecule has 1 aromatic carbocycles. The van der Waals surface area contributed by atoms with Gasteiger partial charge in [0.25, 0.3) is 0 Å². The van der Waals surface area contributed by atoms with Crippen LogP contribution in [0.5, 0.6) is 0 Å². The Balaban J connectivity index is 1.95. The van der Waals surface area contributed by atoms with E-state index < -0.39 is 0 Å². The Morgan fingerprint density at radius 1 is 1.35 bits per heavy atom. The molecule has 1 saturated heterocycles. The van der Waals surface area contributed by atoms with Crippen molar-refractivity contribution < 1.29 is 13.9 Å². The van der Waals surface area contributed by atoms with Gasteiger partial charge >= 0.3 is 5.97 Å². The van der Waals surface area contributed by atoms with Gasteiger partial charge in [0.2, 0.25) is 0 Å². The molecule has 1 aliphatic heterocycles. The van der Waals surface area contributed by atoms with Crippen molar-refractivity contribution in [1.82, 2.24) is 9.80 Å². The Hall–Kier alpha value is -1.46. The molecular formula is C18H27FN2O2. The van der Waals surface area contributed by atoms with Crippen LogP contribution in [-0.2, 0) is 16.1 Å². The number of piperidine rings is 1. The number of halogens is 1. The fraction of sp³-hybridized carbons (Fsp3) is 0.611. The number of benzene rings is 1. The lowest BCUT2D eigenvalue weighted by atomic mass is 9.87. The van der Waals surface area contributed by atoms with Gasteiger partial charge in [0, 0.05) is 25.6 Å². The molecule has 0 aromatic heterocycles. The van der Waals surface area contributed by atoms with E-state index in [1.54, 1.807) is 0 Å². The van der Waals surface area contributed by atoms with E-state index in [-0.39, 0.29) is 11.8 Å². The van der Waals surface area contributed by atoms with Crippen LogP contribution in [0.25, 0.3) is 0 Å². The zero-order chi connectivity index (χ0) is 16.8. The second-order valence-electron chi connectivity index (χ2n) is 6.56. The largest absolute Gasteiger partial charge is 0.469 e.